The van der Waals surface area contributed by atoms with Crippen LogP contribution < -0.4 is 5.32 Å². The van der Waals surface area contributed by atoms with Gasteiger partial charge < -0.3 is 5.32 Å². The van der Waals surface area contributed by atoms with Crippen LogP contribution in [0.5, 0.6) is 0 Å². The Morgan fingerprint density at radius 2 is 2.00 bits per heavy atom. The van der Waals surface area contributed by atoms with Gasteiger partial charge in [0, 0.05) is 6.07 Å². The number of benzene rings is 2. The summed E-state index contributed by atoms with van der Waals surface area (Å²) in [6.45, 7) is 1.68. The summed E-state index contributed by atoms with van der Waals surface area (Å²) >= 11 is 7.84. The van der Waals surface area contributed by atoms with E-state index in [0.717, 1.165) is 17.8 Å². The van der Waals surface area contributed by atoms with Crippen molar-refractivity contribution in [3.8, 4) is 5.69 Å². The Hall–Kier alpha value is -2.10. The molecule has 1 N–H and O–H groups in total. The maximum atomic E-state index is 13.7. The number of amides is 1. The highest BCUT2D eigenvalue weighted by atomic mass is 32.2. The van der Waals surface area contributed by atoms with Crippen LogP contribution in [0.2, 0.25) is 0 Å². The zero-order valence-corrected chi connectivity index (χ0v) is 15.9. The van der Waals surface area contributed by atoms with Gasteiger partial charge in [0.05, 0.1) is 16.6 Å². The maximum absolute atomic E-state index is 13.7. The Balaban J connectivity index is 1.71. The number of nitrogens with one attached hydrogen (secondary N) is 1. The summed E-state index contributed by atoms with van der Waals surface area (Å²) in [6.07, 6.45) is 0. The van der Waals surface area contributed by atoms with Crippen molar-refractivity contribution < 1.29 is 13.6 Å². The van der Waals surface area contributed by atoms with Gasteiger partial charge in [-0.15, -0.1) is 5.10 Å². The van der Waals surface area contributed by atoms with Crippen molar-refractivity contribution in [2.75, 3.05) is 5.32 Å². The van der Waals surface area contributed by atoms with Crippen molar-refractivity contribution >= 4 is 46.9 Å². The number of nitrogens with zero attached hydrogens (tertiary/aromatic N) is 2. The number of carbonyl (C=O) groups excluding carboxylic acids is 1. The van der Waals surface area contributed by atoms with Gasteiger partial charge in [-0.25, -0.2) is 13.5 Å². The molecule has 134 valence electrons. The quantitative estimate of drug-likeness (QED) is 0.473. The predicted molar refractivity (Wildman–Crippen MR) is 103 cm³/mol. The summed E-state index contributed by atoms with van der Waals surface area (Å²) in [6, 6.07) is 12.4. The van der Waals surface area contributed by atoms with Crippen molar-refractivity contribution in [1.82, 2.24) is 9.78 Å². The topological polar surface area (TPSA) is 46.9 Å². The fraction of sp³-hybridized carbons (Fsp3) is 0.118. The van der Waals surface area contributed by atoms with Crippen molar-refractivity contribution in [1.29, 1.82) is 0 Å². The molecule has 0 radical (unpaired) electrons. The van der Waals surface area contributed by atoms with E-state index in [0.29, 0.717) is 8.29 Å². The molecule has 1 heterocycles. The fourth-order valence-electron chi connectivity index (χ4n) is 2.07. The Morgan fingerprint density at radius 1 is 1.27 bits per heavy atom. The van der Waals surface area contributed by atoms with Crippen LogP contribution in [-0.2, 0) is 4.79 Å². The first-order valence-electron chi connectivity index (χ1n) is 7.52. The lowest BCUT2D eigenvalue weighted by Gasteiger charge is -2.11. The lowest BCUT2D eigenvalue weighted by atomic mass is 10.3. The minimum atomic E-state index is -0.820. The number of aromatic nitrogens is 2. The van der Waals surface area contributed by atoms with E-state index in [1.54, 1.807) is 11.6 Å². The molecule has 0 aliphatic rings. The van der Waals surface area contributed by atoms with Crippen LogP contribution in [0.1, 0.15) is 6.92 Å². The molecule has 2 aromatic carbocycles. The molecule has 0 spiro atoms. The standard InChI is InChI=1S/C17H13F2N3OS3/c1-10(15(23)20-14-8-7-11(18)9-13(14)19)25-16-21-22(17(24)26-16)12-5-3-2-4-6-12/h2-10H,1H3,(H,20,23)/t10-/m0/s1. The van der Waals surface area contributed by atoms with Gasteiger partial charge in [0.15, 0.2) is 8.29 Å². The van der Waals surface area contributed by atoms with E-state index in [2.05, 4.69) is 10.4 Å². The minimum absolute atomic E-state index is 0.0636. The minimum Gasteiger partial charge on any atom is -0.323 e. The smallest absolute Gasteiger partial charge is 0.237 e. The van der Waals surface area contributed by atoms with Gasteiger partial charge in [-0.2, -0.15) is 0 Å². The highest BCUT2D eigenvalue weighted by molar-refractivity contribution is 8.02. The van der Waals surface area contributed by atoms with Crippen molar-refractivity contribution in [2.45, 2.75) is 16.5 Å². The first-order chi connectivity index (χ1) is 12.4. The lowest BCUT2D eigenvalue weighted by Crippen LogP contribution is -2.23. The van der Waals surface area contributed by atoms with Crippen molar-refractivity contribution in [3.05, 3.63) is 64.1 Å². The van der Waals surface area contributed by atoms with E-state index in [1.165, 1.54) is 29.2 Å². The summed E-state index contributed by atoms with van der Waals surface area (Å²) in [5.74, 6) is -1.93. The maximum Gasteiger partial charge on any atom is 0.237 e. The van der Waals surface area contributed by atoms with E-state index in [1.807, 2.05) is 30.3 Å². The third-order valence-corrected chi connectivity index (χ3v) is 5.78. The van der Waals surface area contributed by atoms with E-state index < -0.39 is 22.8 Å². The number of hydrogen-bond acceptors (Lipinski definition) is 5. The Morgan fingerprint density at radius 3 is 2.69 bits per heavy atom. The first kappa shape index (κ1) is 18.7. The molecule has 0 unspecified atom stereocenters. The van der Waals surface area contributed by atoms with E-state index >= 15 is 0 Å². The van der Waals surface area contributed by atoms with Gasteiger partial charge in [0.2, 0.25) is 5.91 Å². The second kappa shape index (κ2) is 8.07. The van der Waals surface area contributed by atoms with Gasteiger partial charge in [0.25, 0.3) is 0 Å². The molecule has 3 rings (SSSR count). The molecule has 26 heavy (non-hydrogen) atoms. The molecule has 0 fully saturated rings. The van der Waals surface area contributed by atoms with Gasteiger partial charge in [-0.3, -0.25) is 4.79 Å². The molecule has 1 aromatic heterocycles. The molecular weight excluding hydrogens is 396 g/mol. The summed E-state index contributed by atoms with van der Waals surface area (Å²) < 4.78 is 29.4. The fourth-order valence-corrected chi connectivity index (χ4v) is 4.58. The third kappa shape index (κ3) is 4.35. The molecule has 1 atom stereocenters. The first-order valence-corrected chi connectivity index (χ1v) is 9.62. The van der Waals surface area contributed by atoms with Crippen LogP contribution in [0.3, 0.4) is 0 Å². The summed E-state index contributed by atoms with van der Waals surface area (Å²) in [5, 5.41) is 6.34. The predicted octanol–water partition coefficient (Wildman–Crippen LogP) is 5.06. The molecule has 0 bridgehead atoms. The monoisotopic (exact) mass is 409 g/mol. The van der Waals surface area contributed by atoms with Gasteiger partial charge >= 0.3 is 0 Å². The number of carbonyl (C=O) groups is 1. The molecular formula is C17H13F2N3OS3. The average molecular weight is 410 g/mol. The van der Waals surface area contributed by atoms with Crippen molar-refractivity contribution in [3.63, 3.8) is 0 Å². The van der Waals surface area contributed by atoms with E-state index in [4.69, 9.17) is 12.2 Å². The van der Waals surface area contributed by atoms with E-state index in [-0.39, 0.29) is 5.69 Å². The number of hydrogen-bond donors (Lipinski definition) is 1. The molecule has 0 aliphatic heterocycles. The summed E-state index contributed by atoms with van der Waals surface area (Å²) in [4.78, 5) is 12.3. The third-order valence-electron chi connectivity index (χ3n) is 3.37. The van der Waals surface area contributed by atoms with Crippen LogP contribution in [-0.4, -0.2) is 20.9 Å². The number of anilines is 1. The van der Waals surface area contributed by atoms with E-state index in [9.17, 15) is 13.6 Å². The zero-order chi connectivity index (χ0) is 18.7. The largest absolute Gasteiger partial charge is 0.323 e. The van der Waals surface area contributed by atoms with Crippen LogP contribution in [0.25, 0.3) is 5.69 Å². The Bertz CT molecular complexity index is 988. The van der Waals surface area contributed by atoms with Crippen LogP contribution in [0, 0.1) is 15.6 Å². The van der Waals surface area contributed by atoms with Gasteiger partial charge in [0.1, 0.15) is 11.6 Å². The molecule has 0 aliphatic carbocycles. The van der Waals surface area contributed by atoms with Crippen molar-refractivity contribution in [2.24, 2.45) is 0 Å². The molecule has 0 saturated carbocycles. The molecule has 9 heteroatoms. The van der Waals surface area contributed by atoms with Gasteiger partial charge in [-0.1, -0.05) is 41.3 Å². The number of para-hydroxylation sites is 1. The summed E-state index contributed by atoms with van der Waals surface area (Å²) in [5.41, 5.74) is 0.775. The number of rotatable bonds is 5. The molecule has 4 nitrogen and oxygen atoms in total. The number of thioether (sulfide) groups is 1. The average Bonchev–Trinajstić information content (AvgIpc) is 2.98. The Labute approximate surface area is 161 Å². The van der Waals surface area contributed by atoms with Crippen LogP contribution >= 0.6 is 35.3 Å². The molecule has 3 aromatic rings. The second-order valence-electron chi connectivity index (χ2n) is 5.25. The zero-order valence-electron chi connectivity index (χ0n) is 13.5. The lowest BCUT2D eigenvalue weighted by molar-refractivity contribution is -0.115. The summed E-state index contributed by atoms with van der Waals surface area (Å²) in [7, 11) is 0. The highest BCUT2D eigenvalue weighted by Gasteiger charge is 2.19. The molecule has 1 amide bonds. The SMILES string of the molecule is C[C@H](Sc1nn(-c2ccccc2)c(=S)s1)C(=O)Nc1ccc(F)cc1F. The normalized spacial score (nSPS) is 12.0. The number of halogens is 2. The second-order valence-corrected chi connectivity index (χ2v) is 8.47. The van der Waals surface area contributed by atoms with Crippen LogP contribution in [0.15, 0.2) is 52.9 Å². The highest BCUT2D eigenvalue weighted by Crippen LogP contribution is 2.28. The molecule has 0 saturated heterocycles. The van der Waals surface area contributed by atoms with Crippen LogP contribution in [0.4, 0.5) is 14.5 Å². The van der Waals surface area contributed by atoms with Gasteiger partial charge in [-0.05, 0) is 43.4 Å². The Kier molecular flexibility index (Phi) is 5.80.